The molecule has 0 saturated carbocycles. The molecule has 0 aromatic heterocycles. The van der Waals surface area contributed by atoms with Crippen LogP contribution in [0.5, 0.6) is 11.5 Å². The van der Waals surface area contributed by atoms with Gasteiger partial charge in [-0.2, -0.15) is 0 Å². The van der Waals surface area contributed by atoms with Crippen molar-refractivity contribution in [2.75, 3.05) is 20.3 Å². The fourth-order valence-corrected chi connectivity index (χ4v) is 1.23. The highest BCUT2D eigenvalue weighted by Crippen LogP contribution is 2.31. The molecule has 0 N–H and O–H groups in total. The normalized spacial score (nSPS) is 17.9. The van der Waals surface area contributed by atoms with Gasteiger partial charge in [-0.25, -0.2) is 0 Å². The molecule has 0 unspecified atom stereocenters. The minimum Gasteiger partial charge on any atom is -0.497 e. The van der Waals surface area contributed by atoms with Crippen LogP contribution in [-0.2, 0) is 4.74 Å². The van der Waals surface area contributed by atoms with E-state index in [4.69, 9.17) is 14.2 Å². The van der Waals surface area contributed by atoms with E-state index in [1.54, 1.807) is 0 Å². The second-order valence-corrected chi connectivity index (χ2v) is 3.36. The minimum absolute atomic E-state index is 0.0609. The molecular weight excluding hydrogens is 214 g/mol. The van der Waals surface area contributed by atoms with Crippen LogP contribution in [0.15, 0.2) is 18.2 Å². The minimum atomic E-state index is -0.484. The molecule has 6 heteroatoms. The second-order valence-electron chi connectivity index (χ2n) is 3.36. The molecule has 86 valence electrons. The summed E-state index contributed by atoms with van der Waals surface area (Å²) in [6.45, 7) is 0.978. The highest BCUT2D eigenvalue weighted by molar-refractivity contribution is 5.50. The van der Waals surface area contributed by atoms with Gasteiger partial charge in [0.25, 0.3) is 0 Å². The lowest BCUT2D eigenvalue weighted by molar-refractivity contribution is -0.385. The molecular formula is C10H11NO5. The quantitative estimate of drug-likeness (QED) is 0.430. The molecule has 0 aliphatic carbocycles. The van der Waals surface area contributed by atoms with E-state index in [1.165, 1.54) is 25.3 Å². The smallest absolute Gasteiger partial charge is 0.311 e. The topological polar surface area (TPSA) is 74.1 Å². The van der Waals surface area contributed by atoms with Crippen LogP contribution in [0.25, 0.3) is 0 Å². The predicted molar refractivity (Wildman–Crippen MR) is 54.9 cm³/mol. The number of epoxide rings is 1. The molecule has 0 spiro atoms. The van der Waals surface area contributed by atoms with Crippen LogP contribution in [-0.4, -0.2) is 31.4 Å². The molecule has 1 aliphatic heterocycles. The van der Waals surface area contributed by atoms with E-state index in [2.05, 4.69) is 0 Å². The number of rotatable bonds is 5. The van der Waals surface area contributed by atoms with E-state index in [1.807, 2.05) is 0 Å². The van der Waals surface area contributed by atoms with Gasteiger partial charge in [0, 0.05) is 12.1 Å². The van der Waals surface area contributed by atoms with Gasteiger partial charge in [0.2, 0.25) is 5.75 Å². The number of nitro benzene ring substituents is 1. The Morgan fingerprint density at radius 2 is 2.38 bits per heavy atom. The van der Waals surface area contributed by atoms with Crippen molar-refractivity contribution in [1.29, 1.82) is 0 Å². The Hall–Kier alpha value is -1.82. The summed E-state index contributed by atoms with van der Waals surface area (Å²) in [4.78, 5) is 10.3. The Bertz CT molecular complexity index is 402. The van der Waals surface area contributed by atoms with Crippen molar-refractivity contribution in [2.24, 2.45) is 0 Å². The summed E-state index contributed by atoms with van der Waals surface area (Å²) in [7, 11) is 1.49. The molecule has 0 amide bonds. The van der Waals surface area contributed by atoms with Gasteiger partial charge in [-0.05, 0) is 6.07 Å². The van der Waals surface area contributed by atoms with Crippen molar-refractivity contribution in [2.45, 2.75) is 6.10 Å². The van der Waals surface area contributed by atoms with Crippen molar-refractivity contribution >= 4 is 5.69 Å². The third-order valence-electron chi connectivity index (χ3n) is 2.19. The number of hydrogen-bond acceptors (Lipinski definition) is 5. The molecule has 1 aliphatic rings. The first-order chi connectivity index (χ1) is 7.70. The van der Waals surface area contributed by atoms with Gasteiger partial charge in [-0.3, -0.25) is 10.1 Å². The molecule has 6 nitrogen and oxygen atoms in total. The molecule has 1 aromatic rings. The molecule has 16 heavy (non-hydrogen) atoms. The first-order valence-corrected chi connectivity index (χ1v) is 4.77. The molecule has 1 aromatic carbocycles. The van der Waals surface area contributed by atoms with E-state index < -0.39 is 4.92 Å². The van der Waals surface area contributed by atoms with Crippen LogP contribution in [0.3, 0.4) is 0 Å². The van der Waals surface area contributed by atoms with Crippen molar-refractivity contribution in [1.82, 2.24) is 0 Å². The number of ether oxygens (including phenoxy) is 3. The maximum absolute atomic E-state index is 10.7. The molecule has 0 bridgehead atoms. The van der Waals surface area contributed by atoms with Crippen molar-refractivity contribution < 1.29 is 19.1 Å². The monoisotopic (exact) mass is 225 g/mol. The summed E-state index contributed by atoms with van der Waals surface area (Å²) in [5, 5.41) is 10.7. The maximum Gasteiger partial charge on any atom is 0.311 e. The number of methoxy groups -OCH3 is 1. The van der Waals surface area contributed by atoms with Gasteiger partial charge >= 0.3 is 5.69 Å². The van der Waals surface area contributed by atoms with E-state index >= 15 is 0 Å². The first kappa shape index (κ1) is 10.7. The van der Waals surface area contributed by atoms with E-state index in [0.717, 1.165) is 0 Å². The Morgan fingerprint density at radius 3 is 2.94 bits per heavy atom. The summed E-state index contributed by atoms with van der Waals surface area (Å²) in [6, 6.07) is 4.39. The summed E-state index contributed by atoms with van der Waals surface area (Å²) >= 11 is 0. The highest BCUT2D eigenvalue weighted by Gasteiger charge is 2.25. The van der Waals surface area contributed by atoms with E-state index in [0.29, 0.717) is 19.0 Å². The molecule has 1 fully saturated rings. The van der Waals surface area contributed by atoms with Gasteiger partial charge < -0.3 is 14.2 Å². The lowest BCUT2D eigenvalue weighted by atomic mass is 10.3. The standard InChI is InChI=1S/C10H11NO5/c1-14-7-2-3-9(11(12)13)10(4-7)16-6-8-5-15-8/h2-4,8H,5-6H2,1H3/t8-/m0/s1. The SMILES string of the molecule is COc1ccc([N+](=O)[O-])c(OC[C@@H]2CO2)c1. The van der Waals surface area contributed by atoms with Crippen molar-refractivity contribution in [3.8, 4) is 11.5 Å². The van der Waals surface area contributed by atoms with Crippen molar-refractivity contribution in [3.63, 3.8) is 0 Å². The zero-order valence-electron chi connectivity index (χ0n) is 8.71. The molecule has 1 atom stereocenters. The third kappa shape index (κ3) is 2.40. The van der Waals surface area contributed by atoms with Crippen LogP contribution in [0, 0.1) is 10.1 Å². The Kier molecular flexibility index (Phi) is 2.91. The molecule has 2 rings (SSSR count). The number of nitro groups is 1. The number of nitrogens with zero attached hydrogens (tertiary/aromatic N) is 1. The van der Waals surface area contributed by atoms with Crippen LogP contribution in [0.2, 0.25) is 0 Å². The van der Waals surface area contributed by atoms with Gasteiger partial charge in [0.15, 0.2) is 0 Å². The van der Waals surface area contributed by atoms with Crippen molar-refractivity contribution in [3.05, 3.63) is 28.3 Å². The zero-order chi connectivity index (χ0) is 11.5. The van der Waals surface area contributed by atoms with Crippen LogP contribution in [0.4, 0.5) is 5.69 Å². The molecule has 0 radical (unpaired) electrons. The van der Waals surface area contributed by atoms with Crippen LogP contribution < -0.4 is 9.47 Å². The Balaban J connectivity index is 2.18. The lowest BCUT2D eigenvalue weighted by Gasteiger charge is -2.06. The average Bonchev–Trinajstić information content (AvgIpc) is 3.09. The van der Waals surface area contributed by atoms with Gasteiger partial charge in [-0.1, -0.05) is 0 Å². The van der Waals surface area contributed by atoms with Gasteiger partial charge in [0.1, 0.15) is 18.5 Å². The van der Waals surface area contributed by atoms with Crippen LogP contribution >= 0.6 is 0 Å². The summed E-state index contributed by atoms with van der Waals surface area (Å²) < 4.78 is 15.3. The highest BCUT2D eigenvalue weighted by atomic mass is 16.6. The number of benzene rings is 1. The molecule has 1 saturated heterocycles. The molecule has 1 heterocycles. The largest absolute Gasteiger partial charge is 0.497 e. The van der Waals surface area contributed by atoms with Gasteiger partial charge in [0.05, 0.1) is 18.6 Å². The maximum atomic E-state index is 10.7. The van der Waals surface area contributed by atoms with Gasteiger partial charge in [-0.15, -0.1) is 0 Å². The van der Waals surface area contributed by atoms with E-state index in [9.17, 15) is 10.1 Å². The summed E-state index contributed by atoms with van der Waals surface area (Å²) in [5.41, 5.74) is -0.0681. The fourth-order valence-electron chi connectivity index (χ4n) is 1.23. The predicted octanol–water partition coefficient (Wildman–Crippen LogP) is 1.38. The Labute approximate surface area is 91.9 Å². The lowest BCUT2D eigenvalue weighted by Crippen LogP contribution is -2.06. The third-order valence-corrected chi connectivity index (χ3v) is 2.19. The summed E-state index contributed by atoms with van der Waals surface area (Å²) in [6.07, 6.45) is 0.0609. The zero-order valence-corrected chi connectivity index (χ0v) is 8.71. The number of hydrogen-bond donors (Lipinski definition) is 0. The van der Waals surface area contributed by atoms with Crippen LogP contribution in [0.1, 0.15) is 0 Å². The van der Waals surface area contributed by atoms with E-state index in [-0.39, 0.29) is 17.5 Å². The Morgan fingerprint density at radius 1 is 1.62 bits per heavy atom. The summed E-state index contributed by atoms with van der Waals surface area (Å²) in [5.74, 6) is 0.733. The fraction of sp³-hybridized carbons (Fsp3) is 0.400. The first-order valence-electron chi connectivity index (χ1n) is 4.77. The average molecular weight is 225 g/mol. The second kappa shape index (κ2) is 4.36.